The zero-order chi connectivity index (χ0) is 13.1. The van der Waals surface area contributed by atoms with E-state index in [2.05, 4.69) is 28.8 Å². The normalized spacial score (nSPS) is 10.4. The molecule has 2 rings (SSSR count). The number of hydrogen-bond donors (Lipinski definition) is 0. The van der Waals surface area contributed by atoms with Crippen LogP contribution in [0.4, 0.5) is 0 Å². The van der Waals surface area contributed by atoms with Crippen LogP contribution in [-0.2, 0) is 16.0 Å². The molecule has 0 aliphatic carbocycles. The van der Waals surface area contributed by atoms with Crippen LogP contribution in [0.1, 0.15) is 16.1 Å². The molecule has 0 spiro atoms. The predicted molar refractivity (Wildman–Crippen MR) is 72.7 cm³/mol. The maximum Gasteiger partial charge on any atom is 0.310 e. The second-order valence-electron chi connectivity index (χ2n) is 4.15. The Hall–Kier alpha value is -1.68. The molecule has 3 nitrogen and oxygen atoms in total. The number of methoxy groups -OCH3 is 1. The van der Waals surface area contributed by atoms with Gasteiger partial charge in [-0.2, -0.15) is 0 Å². The number of aryl methyl sites for hydroxylation is 2. The first kappa shape index (κ1) is 12.8. The van der Waals surface area contributed by atoms with Crippen molar-refractivity contribution in [1.29, 1.82) is 0 Å². The van der Waals surface area contributed by atoms with Gasteiger partial charge < -0.3 is 4.74 Å². The SMILES string of the molecule is COC(=O)Cc1sc(-c2cccc(C)c2)nc1C. The van der Waals surface area contributed by atoms with Gasteiger partial charge in [-0.25, -0.2) is 4.98 Å². The van der Waals surface area contributed by atoms with Crippen LogP contribution >= 0.6 is 11.3 Å². The quantitative estimate of drug-likeness (QED) is 0.797. The average Bonchev–Trinajstić information content (AvgIpc) is 2.71. The van der Waals surface area contributed by atoms with Crippen molar-refractivity contribution in [1.82, 2.24) is 4.98 Å². The molecule has 94 valence electrons. The van der Waals surface area contributed by atoms with Gasteiger partial charge in [0, 0.05) is 10.4 Å². The highest BCUT2D eigenvalue weighted by atomic mass is 32.1. The third-order valence-corrected chi connectivity index (χ3v) is 3.90. The molecule has 1 aromatic heterocycles. The van der Waals surface area contributed by atoms with Crippen LogP contribution in [0.15, 0.2) is 24.3 Å². The Morgan fingerprint density at radius 1 is 1.39 bits per heavy atom. The Morgan fingerprint density at radius 2 is 2.17 bits per heavy atom. The van der Waals surface area contributed by atoms with Crippen molar-refractivity contribution in [3.8, 4) is 10.6 Å². The fourth-order valence-corrected chi connectivity index (χ4v) is 2.74. The van der Waals surface area contributed by atoms with E-state index in [4.69, 9.17) is 0 Å². The van der Waals surface area contributed by atoms with Gasteiger partial charge in [-0.3, -0.25) is 4.79 Å². The molecule has 0 amide bonds. The van der Waals surface area contributed by atoms with Gasteiger partial charge in [0.2, 0.25) is 0 Å². The van der Waals surface area contributed by atoms with Gasteiger partial charge in [-0.1, -0.05) is 23.8 Å². The lowest BCUT2D eigenvalue weighted by atomic mass is 10.1. The topological polar surface area (TPSA) is 39.2 Å². The van der Waals surface area contributed by atoms with Gasteiger partial charge in [0.15, 0.2) is 0 Å². The van der Waals surface area contributed by atoms with Crippen molar-refractivity contribution in [2.45, 2.75) is 20.3 Å². The van der Waals surface area contributed by atoms with E-state index < -0.39 is 0 Å². The van der Waals surface area contributed by atoms with Crippen LogP contribution in [0, 0.1) is 13.8 Å². The van der Waals surface area contributed by atoms with Crippen LogP contribution in [0.2, 0.25) is 0 Å². The maximum atomic E-state index is 11.3. The molecular weight excluding hydrogens is 246 g/mol. The fraction of sp³-hybridized carbons (Fsp3) is 0.286. The van der Waals surface area contributed by atoms with Gasteiger partial charge in [-0.15, -0.1) is 11.3 Å². The van der Waals surface area contributed by atoms with Crippen molar-refractivity contribution >= 4 is 17.3 Å². The number of rotatable bonds is 3. The molecule has 0 aliphatic heterocycles. The number of hydrogen-bond acceptors (Lipinski definition) is 4. The molecule has 1 heterocycles. The minimum Gasteiger partial charge on any atom is -0.469 e. The van der Waals surface area contributed by atoms with Crippen LogP contribution in [-0.4, -0.2) is 18.1 Å². The molecule has 2 aromatic rings. The number of thiazole rings is 1. The van der Waals surface area contributed by atoms with Gasteiger partial charge >= 0.3 is 5.97 Å². The molecule has 0 bridgehead atoms. The molecule has 0 radical (unpaired) electrons. The van der Waals surface area contributed by atoms with Crippen molar-refractivity contribution in [2.75, 3.05) is 7.11 Å². The number of benzene rings is 1. The van der Waals surface area contributed by atoms with E-state index in [1.165, 1.54) is 12.7 Å². The highest BCUT2D eigenvalue weighted by Gasteiger charge is 2.13. The van der Waals surface area contributed by atoms with E-state index in [0.29, 0.717) is 6.42 Å². The molecule has 0 saturated carbocycles. The lowest BCUT2D eigenvalue weighted by Crippen LogP contribution is -2.03. The van der Waals surface area contributed by atoms with Crippen LogP contribution in [0.3, 0.4) is 0 Å². The molecule has 4 heteroatoms. The lowest BCUT2D eigenvalue weighted by molar-refractivity contribution is -0.139. The Balaban J connectivity index is 2.31. The Morgan fingerprint density at radius 3 is 2.83 bits per heavy atom. The maximum absolute atomic E-state index is 11.3. The molecule has 0 saturated heterocycles. The van der Waals surface area contributed by atoms with Gasteiger partial charge in [0.1, 0.15) is 5.01 Å². The number of nitrogens with zero attached hydrogens (tertiary/aromatic N) is 1. The van der Waals surface area contributed by atoms with Gasteiger partial charge in [0.25, 0.3) is 0 Å². The average molecular weight is 261 g/mol. The number of aromatic nitrogens is 1. The zero-order valence-corrected chi connectivity index (χ0v) is 11.5. The third kappa shape index (κ3) is 2.76. The van der Waals surface area contributed by atoms with Crippen molar-refractivity contribution in [3.05, 3.63) is 40.4 Å². The molecule has 0 fully saturated rings. The minimum atomic E-state index is -0.224. The van der Waals surface area contributed by atoms with Crippen LogP contribution in [0.5, 0.6) is 0 Å². The first-order chi connectivity index (χ1) is 8.60. The Bertz CT molecular complexity index is 575. The van der Waals surface area contributed by atoms with Gasteiger partial charge in [-0.05, 0) is 19.9 Å². The molecule has 0 unspecified atom stereocenters. The molecule has 1 aromatic carbocycles. The number of carbonyl (C=O) groups excluding carboxylic acids is 1. The summed E-state index contributed by atoms with van der Waals surface area (Å²) in [5, 5.41) is 0.954. The summed E-state index contributed by atoms with van der Waals surface area (Å²) in [6.07, 6.45) is 0.297. The van der Waals surface area contributed by atoms with E-state index in [0.717, 1.165) is 21.1 Å². The predicted octanol–water partition coefficient (Wildman–Crippen LogP) is 3.14. The number of carbonyl (C=O) groups is 1. The first-order valence-corrected chi connectivity index (χ1v) is 6.52. The molecule has 0 aliphatic rings. The third-order valence-electron chi connectivity index (χ3n) is 2.69. The monoisotopic (exact) mass is 261 g/mol. The number of ether oxygens (including phenoxy) is 1. The van der Waals surface area contributed by atoms with Gasteiger partial charge in [0.05, 0.1) is 19.2 Å². The Kier molecular flexibility index (Phi) is 3.77. The molecule has 0 N–H and O–H groups in total. The summed E-state index contributed by atoms with van der Waals surface area (Å²) >= 11 is 1.55. The van der Waals surface area contributed by atoms with E-state index in [1.54, 1.807) is 11.3 Å². The summed E-state index contributed by atoms with van der Waals surface area (Å²) in [4.78, 5) is 16.8. The molecular formula is C14H15NO2S. The van der Waals surface area contributed by atoms with E-state index in [9.17, 15) is 4.79 Å². The molecule has 0 atom stereocenters. The largest absolute Gasteiger partial charge is 0.469 e. The second-order valence-corrected chi connectivity index (χ2v) is 5.23. The standard InChI is InChI=1S/C14H15NO2S/c1-9-5-4-6-11(7-9)14-15-10(2)12(18-14)8-13(16)17-3/h4-7H,8H2,1-3H3. The smallest absolute Gasteiger partial charge is 0.310 e. The van der Waals surface area contributed by atoms with Crippen LogP contribution in [0.25, 0.3) is 10.6 Å². The Labute approximate surface area is 110 Å². The van der Waals surface area contributed by atoms with Crippen molar-refractivity contribution < 1.29 is 9.53 Å². The summed E-state index contributed by atoms with van der Waals surface area (Å²) < 4.78 is 4.68. The van der Waals surface area contributed by atoms with Crippen LogP contribution < -0.4 is 0 Å². The minimum absolute atomic E-state index is 0.224. The summed E-state index contributed by atoms with van der Waals surface area (Å²) in [7, 11) is 1.40. The highest BCUT2D eigenvalue weighted by molar-refractivity contribution is 7.15. The summed E-state index contributed by atoms with van der Waals surface area (Å²) in [5.74, 6) is -0.224. The highest BCUT2D eigenvalue weighted by Crippen LogP contribution is 2.28. The van der Waals surface area contributed by atoms with E-state index in [-0.39, 0.29) is 5.97 Å². The van der Waals surface area contributed by atoms with E-state index in [1.807, 2.05) is 19.1 Å². The van der Waals surface area contributed by atoms with E-state index >= 15 is 0 Å². The number of esters is 1. The van der Waals surface area contributed by atoms with Crippen molar-refractivity contribution in [3.63, 3.8) is 0 Å². The fourth-order valence-electron chi connectivity index (χ4n) is 1.70. The summed E-state index contributed by atoms with van der Waals surface area (Å²) in [6, 6.07) is 8.20. The summed E-state index contributed by atoms with van der Waals surface area (Å²) in [5.41, 5.74) is 3.20. The lowest BCUT2D eigenvalue weighted by Gasteiger charge is -1.97. The molecule has 18 heavy (non-hydrogen) atoms. The zero-order valence-electron chi connectivity index (χ0n) is 10.7. The van der Waals surface area contributed by atoms with Crippen molar-refractivity contribution in [2.24, 2.45) is 0 Å². The second kappa shape index (κ2) is 5.31. The first-order valence-electron chi connectivity index (χ1n) is 5.70. The summed E-state index contributed by atoms with van der Waals surface area (Å²) in [6.45, 7) is 3.98.